The zero-order chi connectivity index (χ0) is 20.9. The second-order valence-electron chi connectivity index (χ2n) is 9.01. The molecule has 3 N–H and O–H groups in total. The van der Waals surface area contributed by atoms with Crippen molar-refractivity contribution in [1.82, 2.24) is 10.1 Å². The first-order chi connectivity index (χ1) is 14.5. The number of hydrogen-bond acceptors (Lipinski definition) is 6. The number of nitrogens with two attached hydrogens (primary N) is 1. The third-order valence-corrected chi connectivity index (χ3v) is 6.86. The van der Waals surface area contributed by atoms with Crippen molar-refractivity contribution in [3.63, 3.8) is 0 Å². The molecule has 2 aliphatic rings. The minimum absolute atomic E-state index is 0.299. The molecule has 2 aliphatic carbocycles. The molecule has 30 heavy (non-hydrogen) atoms. The molecule has 2 heterocycles. The van der Waals surface area contributed by atoms with Gasteiger partial charge in [0.05, 0.1) is 16.6 Å². The van der Waals surface area contributed by atoms with Crippen molar-refractivity contribution < 1.29 is 9.32 Å². The Morgan fingerprint density at radius 3 is 2.60 bits per heavy atom. The number of carbonyl (C=O) groups is 1. The minimum atomic E-state index is -0.395. The number of benzene rings is 1. The van der Waals surface area contributed by atoms with Crippen LogP contribution in [0.4, 0.5) is 5.69 Å². The van der Waals surface area contributed by atoms with Gasteiger partial charge in [-0.25, -0.2) is 0 Å². The van der Waals surface area contributed by atoms with E-state index in [-0.39, 0.29) is 0 Å². The summed E-state index contributed by atoms with van der Waals surface area (Å²) in [6, 6.07) is 6.93. The van der Waals surface area contributed by atoms with Gasteiger partial charge >= 0.3 is 0 Å². The van der Waals surface area contributed by atoms with E-state index >= 15 is 0 Å². The maximum Gasteiger partial charge on any atom is 0.141 e. The third kappa shape index (κ3) is 3.19. The lowest BCUT2D eigenvalue weighted by Crippen LogP contribution is -2.33. The number of anilines is 1. The van der Waals surface area contributed by atoms with Crippen molar-refractivity contribution in [3.8, 4) is 11.1 Å². The molecular formula is C24H28N4O2. The van der Waals surface area contributed by atoms with Gasteiger partial charge in [-0.2, -0.15) is 0 Å². The summed E-state index contributed by atoms with van der Waals surface area (Å²) < 4.78 is 5.39. The molecule has 0 amide bonds. The van der Waals surface area contributed by atoms with E-state index in [0.717, 1.165) is 89.5 Å². The van der Waals surface area contributed by atoms with E-state index < -0.39 is 5.41 Å². The van der Waals surface area contributed by atoms with Crippen LogP contribution in [0.25, 0.3) is 22.0 Å². The first-order valence-corrected chi connectivity index (χ1v) is 10.9. The predicted octanol–water partition coefficient (Wildman–Crippen LogP) is 4.42. The summed E-state index contributed by atoms with van der Waals surface area (Å²) in [5.41, 5.74) is 11.7. The first kappa shape index (κ1) is 19.2. The number of aryl methyl sites for hydroxylation is 2. The van der Waals surface area contributed by atoms with E-state index in [4.69, 9.17) is 15.2 Å². The molecule has 156 valence electrons. The van der Waals surface area contributed by atoms with Crippen molar-refractivity contribution in [1.29, 1.82) is 0 Å². The van der Waals surface area contributed by atoms with Crippen LogP contribution in [0.1, 0.15) is 55.5 Å². The molecule has 6 heteroatoms. The summed E-state index contributed by atoms with van der Waals surface area (Å²) in [6.45, 7) is 3.89. The van der Waals surface area contributed by atoms with Crippen LogP contribution in [0.5, 0.6) is 0 Å². The largest absolute Gasteiger partial charge is 0.381 e. The van der Waals surface area contributed by atoms with Crippen LogP contribution in [0.2, 0.25) is 0 Å². The second kappa shape index (κ2) is 7.20. The summed E-state index contributed by atoms with van der Waals surface area (Å²) in [5, 5.41) is 8.96. The maximum absolute atomic E-state index is 12.0. The van der Waals surface area contributed by atoms with Gasteiger partial charge in [-0.1, -0.05) is 11.2 Å². The molecule has 0 atom stereocenters. The van der Waals surface area contributed by atoms with E-state index in [2.05, 4.69) is 22.6 Å². The van der Waals surface area contributed by atoms with Gasteiger partial charge in [0.15, 0.2) is 0 Å². The van der Waals surface area contributed by atoms with Crippen LogP contribution in [-0.4, -0.2) is 28.5 Å². The van der Waals surface area contributed by atoms with Gasteiger partial charge in [0.25, 0.3) is 0 Å². The monoisotopic (exact) mass is 404 g/mol. The van der Waals surface area contributed by atoms with E-state index in [9.17, 15) is 4.79 Å². The zero-order valence-electron chi connectivity index (χ0n) is 17.6. The van der Waals surface area contributed by atoms with E-state index in [0.29, 0.717) is 12.1 Å². The number of nitrogens with one attached hydrogen (secondary N) is 1. The summed E-state index contributed by atoms with van der Waals surface area (Å²) in [5.74, 6) is 0.804. The molecule has 2 saturated carbocycles. The lowest BCUT2D eigenvalue weighted by atomic mass is 9.89. The number of rotatable bonds is 5. The van der Waals surface area contributed by atoms with Gasteiger partial charge in [-0.3, -0.25) is 4.98 Å². The SMILES string of the molecule is Cc1noc(C)c1-c1ccc2ncc(C3(C=O)CC3)c(N[C@H]3CC[C@H](N)CC3)c2c1. The Morgan fingerprint density at radius 1 is 1.20 bits per heavy atom. The summed E-state index contributed by atoms with van der Waals surface area (Å²) in [6.07, 6.45) is 8.92. The molecule has 1 aromatic carbocycles. The van der Waals surface area contributed by atoms with Crippen molar-refractivity contribution >= 4 is 22.9 Å². The minimum Gasteiger partial charge on any atom is -0.381 e. The van der Waals surface area contributed by atoms with E-state index in [1.54, 1.807) is 0 Å². The molecule has 3 aromatic rings. The number of fused-ring (bicyclic) bond motifs is 1. The average Bonchev–Trinajstić information content (AvgIpc) is 3.48. The van der Waals surface area contributed by atoms with Crippen LogP contribution < -0.4 is 11.1 Å². The Morgan fingerprint density at radius 2 is 1.97 bits per heavy atom. The van der Waals surface area contributed by atoms with Gasteiger partial charge in [-0.05, 0) is 70.1 Å². The molecule has 0 spiro atoms. The maximum atomic E-state index is 12.0. The molecule has 0 unspecified atom stereocenters. The molecule has 0 radical (unpaired) electrons. The number of aromatic nitrogens is 2. The molecule has 2 fully saturated rings. The number of pyridine rings is 1. The Labute approximate surface area is 176 Å². The Bertz CT molecular complexity index is 1090. The van der Waals surface area contributed by atoms with Crippen molar-refractivity contribution in [2.45, 2.75) is 69.9 Å². The molecule has 6 nitrogen and oxygen atoms in total. The Kier molecular flexibility index (Phi) is 4.62. The van der Waals surface area contributed by atoms with Crippen LogP contribution in [-0.2, 0) is 10.2 Å². The Hall–Kier alpha value is -2.73. The predicted molar refractivity (Wildman–Crippen MR) is 118 cm³/mol. The van der Waals surface area contributed by atoms with Crippen LogP contribution >= 0.6 is 0 Å². The zero-order valence-corrected chi connectivity index (χ0v) is 17.6. The molecule has 0 bridgehead atoms. The van der Waals surface area contributed by atoms with E-state index in [1.165, 1.54) is 0 Å². The number of carbonyl (C=O) groups excluding carboxylic acids is 1. The molecule has 0 saturated heterocycles. The van der Waals surface area contributed by atoms with Crippen LogP contribution in [0.15, 0.2) is 28.9 Å². The highest BCUT2D eigenvalue weighted by Crippen LogP contribution is 2.50. The number of aldehydes is 1. The molecule has 5 rings (SSSR count). The van der Waals surface area contributed by atoms with Crippen molar-refractivity contribution in [3.05, 3.63) is 41.4 Å². The van der Waals surface area contributed by atoms with Gasteiger partial charge in [0.1, 0.15) is 12.0 Å². The fourth-order valence-electron chi connectivity index (χ4n) is 4.83. The normalized spacial score (nSPS) is 22.8. The number of hydrogen-bond donors (Lipinski definition) is 2. The number of nitrogens with zero attached hydrogens (tertiary/aromatic N) is 2. The standard InChI is InChI=1S/C24H28N4O2/c1-14-22(15(2)30-28-14)16-3-8-21-19(11-16)23(27-18-6-4-17(25)5-7-18)20(12-26-21)24(13-29)9-10-24/h3,8,11-13,17-18H,4-7,9-10,25H2,1-2H3,(H,26,27)/t17-,18-. The summed E-state index contributed by atoms with van der Waals surface area (Å²) in [4.78, 5) is 16.7. The molecule has 0 aliphatic heterocycles. The van der Waals surface area contributed by atoms with Crippen LogP contribution in [0, 0.1) is 13.8 Å². The molecule has 2 aromatic heterocycles. The summed E-state index contributed by atoms with van der Waals surface area (Å²) in [7, 11) is 0. The van der Waals surface area contributed by atoms with Gasteiger partial charge < -0.3 is 20.4 Å². The fraction of sp³-hybridized carbons (Fsp3) is 0.458. The molecular weight excluding hydrogens is 376 g/mol. The lowest BCUT2D eigenvalue weighted by Gasteiger charge is -2.29. The third-order valence-electron chi connectivity index (χ3n) is 6.86. The van der Waals surface area contributed by atoms with E-state index in [1.807, 2.05) is 26.1 Å². The second-order valence-corrected chi connectivity index (χ2v) is 9.01. The highest BCUT2D eigenvalue weighted by atomic mass is 16.5. The van der Waals surface area contributed by atoms with Gasteiger partial charge in [-0.15, -0.1) is 0 Å². The van der Waals surface area contributed by atoms with Crippen LogP contribution in [0.3, 0.4) is 0 Å². The average molecular weight is 405 g/mol. The summed E-state index contributed by atoms with van der Waals surface area (Å²) >= 11 is 0. The van der Waals surface area contributed by atoms with Gasteiger partial charge in [0.2, 0.25) is 0 Å². The van der Waals surface area contributed by atoms with Crippen molar-refractivity contribution in [2.75, 3.05) is 5.32 Å². The Balaban J connectivity index is 1.65. The van der Waals surface area contributed by atoms with Gasteiger partial charge in [0, 0.05) is 40.5 Å². The highest BCUT2D eigenvalue weighted by Gasteiger charge is 2.46. The quantitative estimate of drug-likeness (QED) is 0.612. The first-order valence-electron chi connectivity index (χ1n) is 10.9. The lowest BCUT2D eigenvalue weighted by molar-refractivity contribution is -0.109. The smallest absolute Gasteiger partial charge is 0.141 e. The highest BCUT2D eigenvalue weighted by molar-refractivity contribution is 5.98. The topological polar surface area (TPSA) is 94.0 Å². The fourth-order valence-corrected chi connectivity index (χ4v) is 4.83. The van der Waals surface area contributed by atoms with Crippen molar-refractivity contribution in [2.24, 2.45) is 5.73 Å².